The summed E-state index contributed by atoms with van der Waals surface area (Å²) in [6.45, 7) is 5.26. The van der Waals surface area contributed by atoms with Gasteiger partial charge in [0, 0.05) is 5.54 Å². The van der Waals surface area contributed by atoms with Gasteiger partial charge in [-0.05, 0) is 39.5 Å². The second kappa shape index (κ2) is 3.56. The fourth-order valence-corrected chi connectivity index (χ4v) is 2.17. The first kappa shape index (κ1) is 11.0. The van der Waals surface area contributed by atoms with E-state index in [1.54, 1.807) is 20.8 Å². The highest BCUT2D eigenvalue weighted by molar-refractivity contribution is 4.99. The predicted molar refractivity (Wildman–Crippen MR) is 54.4 cm³/mol. The number of halogens is 1. The van der Waals surface area contributed by atoms with Gasteiger partial charge in [0.05, 0.1) is 0 Å². The lowest BCUT2D eigenvalue weighted by Gasteiger charge is -2.42. The highest BCUT2D eigenvalue weighted by Crippen LogP contribution is 2.40. The topological polar surface area (TPSA) is 26.0 Å². The molecule has 1 fully saturated rings. The number of hydrogen-bond acceptors (Lipinski definition) is 1. The lowest BCUT2D eigenvalue weighted by Crippen LogP contribution is -2.56. The first-order valence-electron chi connectivity index (χ1n) is 5.33. The maximum atomic E-state index is 14.4. The van der Waals surface area contributed by atoms with Gasteiger partial charge in [0.1, 0.15) is 5.67 Å². The summed E-state index contributed by atoms with van der Waals surface area (Å²) in [7, 11) is 0. The molecular formula is C11H22FN. The predicted octanol–water partition coefficient (Wildman–Crippen LogP) is 3.03. The van der Waals surface area contributed by atoms with Crippen LogP contribution in [0.1, 0.15) is 52.9 Å². The van der Waals surface area contributed by atoms with E-state index in [1.807, 2.05) is 0 Å². The molecule has 78 valence electrons. The lowest BCUT2D eigenvalue weighted by atomic mass is 9.71. The Labute approximate surface area is 80.9 Å². The van der Waals surface area contributed by atoms with Gasteiger partial charge < -0.3 is 5.73 Å². The molecular weight excluding hydrogens is 165 g/mol. The summed E-state index contributed by atoms with van der Waals surface area (Å²) in [5.74, 6) is 0.168. The molecule has 1 aliphatic rings. The van der Waals surface area contributed by atoms with Crippen LogP contribution >= 0.6 is 0 Å². The molecule has 0 spiro atoms. The van der Waals surface area contributed by atoms with Crippen molar-refractivity contribution in [1.29, 1.82) is 0 Å². The molecule has 0 saturated heterocycles. The van der Waals surface area contributed by atoms with Crippen LogP contribution in [0.15, 0.2) is 0 Å². The Morgan fingerprint density at radius 2 is 1.54 bits per heavy atom. The molecule has 2 N–H and O–H groups in total. The molecule has 0 heterocycles. The highest BCUT2D eigenvalue weighted by Gasteiger charge is 2.45. The van der Waals surface area contributed by atoms with Crippen LogP contribution in [-0.4, -0.2) is 11.2 Å². The third-order valence-electron chi connectivity index (χ3n) is 3.63. The molecule has 1 atom stereocenters. The number of hydrogen-bond donors (Lipinski definition) is 1. The van der Waals surface area contributed by atoms with E-state index in [-0.39, 0.29) is 5.92 Å². The monoisotopic (exact) mass is 187 g/mol. The van der Waals surface area contributed by atoms with E-state index in [9.17, 15) is 4.39 Å². The van der Waals surface area contributed by atoms with Gasteiger partial charge in [-0.3, -0.25) is 0 Å². The van der Waals surface area contributed by atoms with E-state index >= 15 is 0 Å². The van der Waals surface area contributed by atoms with Gasteiger partial charge >= 0.3 is 0 Å². The summed E-state index contributed by atoms with van der Waals surface area (Å²) < 4.78 is 14.4. The fourth-order valence-electron chi connectivity index (χ4n) is 2.17. The van der Waals surface area contributed by atoms with E-state index in [4.69, 9.17) is 5.73 Å². The molecule has 1 saturated carbocycles. The van der Waals surface area contributed by atoms with Gasteiger partial charge in [-0.2, -0.15) is 0 Å². The standard InChI is InChI=1S/C11H22FN/c1-10(2,13)11(3,12)9-7-5-4-6-8-9/h9H,4-8,13H2,1-3H3. The maximum Gasteiger partial charge on any atom is 0.128 e. The summed E-state index contributed by atoms with van der Waals surface area (Å²) >= 11 is 0. The minimum Gasteiger partial charge on any atom is -0.323 e. The van der Waals surface area contributed by atoms with Crippen LogP contribution in [0.25, 0.3) is 0 Å². The second-order valence-electron chi connectivity index (χ2n) is 5.13. The van der Waals surface area contributed by atoms with Crippen molar-refractivity contribution in [2.24, 2.45) is 11.7 Å². The minimum atomic E-state index is -1.21. The molecule has 0 aromatic heterocycles. The fraction of sp³-hybridized carbons (Fsp3) is 1.00. The average Bonchev–Trinajstić information content (AvgIpc) is 2.04. The van der Waals surface area contributed by atoms with Gasteiger partial charge in [0.15, 0.2) is 0 Å². The molecule has 0 amide bonds. The molecule has 0 radical (unpaired) electrons. The first-order chi connectivity index (χ1) is 5.86. The zero-order valence-electron chi connectivity index (χ0n) is 9.07. The van der Waals surface area contributed by atoms with Crippen molar-refractivity contribution in [3.63, 3.8) is 0 Å². The number of nitrogens with two attached hydrogens (primary N) is 1. The van der Waals surface area contributed by atoms with Gasteiger partial charge in [0.2, 0.25) is 0 Å². The average molecular weight is 187 g/mol. The molecule has 0 aromatic rings. The molecule has 1 aliphatic carbocycles. The smallest absolute Gasteiger partial charge is 0.128 e. The van der Waals surface area contributed by atoms with Crippen molar-refractivity contribution in [2.75, 3.05) is 0 Å². The zero-order chi connectivity index (χ0) is 10.1. The normalized spacial score (nSPS) is 25.6. The van der Waals surface area contributed by atoms with Crippen LogP contribution in [0.4, 0.5) is 4.39 Å². The van der Waals surface area contributed by atoms with Gasteiger partial charge in [-0.1, -0.05) is 19.3 Å². The number of alkyl halides is 1. The lowest BCUT2D eigenvalue weighted by molar-refractivity contribution is 0.0118. The Bertz CT molecular complexity index is 163. The van der Waals surface area contributed by atoms with Crippen molar-refractivity contribution in [3.05, 3.63) is 0 Å². The Kier molecular flexibility index (Phi) is 3.01. The van der Waals surface area contributed by atoms with Crippen molar-refractivity contribution >= 4 is 0 Å². The van der Waals surface area contributed by atoms with Crippen LogP contribution < -0.4 is 5.73 Å². The third kappa shape index (κ3) is 2.22. The van der Waals surface area contributed by atoms with E-state index in [0.29, 0.717) is 0 Å². The van der Waals surface area contributed by atoms with Crippen molar-refractivity contribution in [3.8, 4) is 0 Å². The van der Waals surface area contributed by atoms with Crippen molar-refractivity contribution in [2.45, 2.75) is 64.1 Å². The summed E-state index contributed by atoms with van der Waals surface area (Å²) in [4.78, 5) is 0. The Morgan fingerprint density at radius 1 is 1.08 bits per heavy atom. The Balaban J connectivity index is 2.67. The van der Waals surface area contributed by atoms with E-state index < -0.39 is 11.2 Å². The van der Waals surface area contributed by atoms with E-state index in [2.05, 4.69) is 0 Å². The van der Waals surface area contributed by atoms with Crippen LogP contribution in [0.3, 0.4) is 0 Å². The van der Waals surface area contributed by atoms with Crippen LogP contribution in [0.5, 0.6) is 0 Å². The Hall–Kier alpha value is -0.110. The minimum absolute atomic E-state index is 0.168. The number of rotatable bonds is 2. The molecule has 1 nitrogen and oxygen atoms in total. The molecule has 0 aliphatic heterocycles. The quantitative estimate of drug-likeness (QED) is 0.706. The van der Waals surface area contributed by atoms with Crippen molar-refractivity contribution in [1.82, 2.24) is 0 Å². The maximum absolute atomic E-state index is 14.4. The molecule has 2 heteroatoms. The van der Waals surface area contributed by atoms with Crippen molar-refractivity contribution < 1.29 is 4.39 Å². The molecule has 1 unspecified atom stereocenters. The van der Waals surface area contributed by atoms with Crippen LogP contribution in [0.2, 0.25) is 0 Å². The van der Waals surface area contributed by atoms with Crippen LogP contribution in [0, 0.1) is 5.92 Å². The van der Waals surface area contributed by atoms with Gasteiger partial charge in [0.25, 0.3) is 0 Å². The van der Waals surface area contributed by atoms with Gasteiger partial charge in [-0.15, -0.1) is 0 Å². The van der Waals surface area contributed by atoms with Gasteiger partial charge in [-0.25, -0.2) is 4.39 Å². The molecule has 1 rings (SSSR count). The summed E-state index contributed by atoms with van der Waals surface area (Å²) in [5, 5.41) is 0. The SMILES string of the molecule is CC(C)(N)C(C)(F)C1CCCCC1. The highest BCUT2D eigenvalue weighted by atomic mass is 19.1. The largest absolute Gasteiger partial charge is 0.323 e. The van der Waals surface area contributed by atoms with E-state index in [1.165, 1.54) is 19.3 Å². The summed E-state index contributed by atoms with van der Waals surface area (Å²) in [6, 6.07) is 0. The van der Waals surface area contributed by atoms with Crippen LogP contribution in [-0.2, 0) is 0 Å². The molecule has 0 bridgehead atoms. The Morgan fingerprint density at radius 3 is 1.92 bits per heavy atom. The molecule has 0 aromatic carbocycles. The molecule has 13 heavy (non-hydrogen) atoms. The van der Waals surface area contributed by atoms with E-state index in [0.717, 1.165) is 12.8 Å². The second-order valence-corrected chi connectivity index (χ2v) is 5.13. The zero-order valence-corrected chi connectivity index (χ0v) is 9.07. The summed E-state index contributed by atoms with van der Waals surface area (Å²) in [6.07, 6.45) is 5.61. The summed E-state index contributed by atoms with van der Waals surface area (Å²) in [5.41, 5.74) is 3.94. The third-order valence-corrected chi connectivity index (χ3v) is 3.63. The first-order valence-corrected chi connectivity index (χ1v) is 5.33.